The van der Waals surface area contributed by atoms with Crippen molar-refractivity contribution in [3.05, 3.63) is 46.5 Å². The number of hydrogen-bond acceptors (Lipinski definition) is 9. The number of aliphatic hydroxyl groups is 3. The highest BCUT2D eigenvalue weighted by molar-refractivity contribution is 8.76. The van der Waals surface area contributed by atoms with Crippen LogP contribution in [0.2, 0.25) is 0 Å². The van der Waals surface area contributed by atoms with Crippen molar-refractivity contribution in [3.63, 3.8) is 0 Å². The fourth-order valence-corrected chi connectivity index (χ4v) is 13.0. The Hall–Kier alpha value is -1.52. The van der Waals surface area contributed by atoms with E-state index >= 15 is 0 Å². The van der Waals surface area contributed by atoms with E-state index < -0.39 is 0 Å². The van der Waals surface area contributed by atoms with Crippen LogP contribution in [0.25, 0.3) is 0 Å². The van der Waals surface area contributed by atoms with Crippen molar-refractivity contribution in [3.8, 4) is 0 Å². The van der Waals surface area contributed by atoms with Gasteiger partial charge in [-0.05, 0) is 97.7 Å². The number of rotatable bonds is 7. The maximum Gasteiger partial charge on any atom is 0.189 e. The smallest absolute Gasteiger partial charge is 0.189 e. The van der Waals surface area contributed by atoms with Crippen LogP contribution < -0.4 is 11.1 Å². The van der Waals surface area contributed by atoms with Crippen molar-refractivity contribution in [2.45, 2.75) is 83.3 Å². The molecule has 5 bridgehead atoms. The molecule has 2 saturated carbocycles. The van der Waals surface area contributed by atoms with Gasteiger partial charge in [0.05, 0.1) is 12.1 Å². The van der Waals surface area contributed by atoms with E-state index in [1.807, 2.05) is 39.8 Å². The molecule has 9 heteroatoms. The van der Waals surface area contributed by atoms with Gasteiger partial charge in [-0.15, -0.1) is 0 Å². The standard InChI is InChI=1S/C34H49N3O4S2/c1-32-11-13-42-43-21-33(26(18-36-31(35)37-33)14-22-6-2-3-7-23(22)19-39)10-4-8-27-29-16-25(32)15-24(20-40)28(9-5-12-38)34(29,32)17-30(27)41/h2-3,6-7,24-26,28,38-40H,4-5,8-21H2,1H3,(H3,35,36,37)/t24-,25-,26+,28-,32+,33-,34+/m1/s1. The number of guanidine groups is 1. The number of benzene rings is 1. The SMILES string of the molecule is C[C@]12CCSSC[C@@]3(CCCC4=C5C[C@H]1C[C@H](CO)[C@@H](CCCO)[C@@]52CC4=O)NC(N)=NC[C@@H]3Cc1ccccc1CO. The molecule has 43 heavy (non-hydrogen) atoms. The second-order valence-corrected chi connectivity index (χ2v) is 16.6. The Morgan fingerprint density at radius 2 is 1.95 bits per heavy atom. The minimum Gasteiger partial charge on any atom is -0.396 e. The Morgan fingerprint density at radius 1 is 1.14 bits per heavy atom. The molecule has 0 saturated heterocycles. The first-order valence-corrected chi connectivity index (χ1v) is 18.8. The van der Waals surface area contributed by atoms with Gasteiger partial charge in [-0.3, -0.25) is 9.79 Å². The highest BCUT2D eigenvalue weighted by atomic mass is 33.1. The van der Waals surface area contributed by atoms with Gasteiger partial charge in [-0.1, -0.05) is 58.4 Å². The summed E-state index contributed by atoms with van der Waals surface area (Å²) in [5.41, 5.74) is 10.6. The molecule has 2 spiro atoms. The number of hydrogen-bond donors (Lipinski definition) is 5. The Morgan fingerprint density at radius 3 is 2.72 bits per heavy atom. The van der Waals surface area contributed by atoms with Crippen LogP contribution in [0.3, 0.4) is 0 Å². The molecule has 0 amide bonds. The summed E-state index contributed by atoms with van der Waals surface area (Å²) >= 11 is 0. The first-order chi connectivity index (χ1) is 20.8. The van der Waals surface area contributed by atoms with Crippen molar-refractivity contribution in [1.82, 2.24) is 5.32 Å². The molecular weight excluding hydrogens is 579 g/mol. The summed E-state index contributed by atoms with van der Waals surface area (Å²) in [6, 6.07) is 8.14. The monoisotopic (exact) mass is 627 g/mol. The summed E-state index contributed by atoms with van der Waals surface area (Å²) in [7, 11) is 3.89. The van der Waals surface area contributed by atoms with E-state index in [1.54, 1.807) is 0 Å². The molecule has 2 aliphatic heterocycles. The highest BCUT2D eigenvalue weighted by Gasteiger charge is 2.69. The molecule has 0 unspecified atom stereocenters. The van der Waals surface area contributed by atoms with Gasteiger partial charge in [-0.2, -0.15) is 0 Å². The fourth-order valence-electron chi connectivity index (χ4n) is 10.1. The Labute approximate surface area is 264 Å². The van der Waals surface area contributed by atoms with Gasteiger partial charge in [-0.25, -0.2) is 0 Å². The lowest BCUT2D eigenvalue weighted by Gasteiger charge is -2.57. The van der Waals surface area contributed by atoms with E-state index in [1.165, 1.54) is 5.57 Å². The van der Waals surface area contributed by atoms with E-state index in [0.717, 1.165) is 86.0 Å². The number of nitrogens with zero attached hydrogens (tertiary/aromatic N) is 1. The van der Waals surface area contributed by atoms with Gasteiger partial charge < -0.3 is 26.4 Å². The lowest BCUT2D eigenvalue weighted by Crippen LogP contribution is -2.62. The molecule has 2 heterocycles. The molecule has 3 aliphatic carbocycles. The van der Waals surface area contributed by atoms with E-state index in [2.05, 4.69) is 23.3 Å². The topological polar surface area (TPSA) is 128 Å². The lowest BCUT2D eigenvalue weighted by atomic mass is 9.47. The van der Waals surface area contributed by atoms with Crippen LogP contribution in [-0.2, 0) is 17.8 Å². The molecule has 6 rings (SSSR count). The van der Waals surface area contributed by atoms with E-state index in [0.29, 0.717) is 30.6 Å². The number of Topliss-reactive ketones (excluding diaryl/α,β-unsaturated/α-hetero) is 1. The molecule has 7 atom stereocenters. The van der Waals surface area contributed by atoms with Gasteiger partial charge in [0.1, 0.15) is 0 Å². The maximum atomic E-state index is 14.0. The summed E-state index contributed by atoms with van der Waals surface area (Å²) in [6.45, 7) is 3.46. The van der Waals surface area contributed by atoms with Crippen molar-refractivity contribution in [2.24, 2.45) is 45.2 Å². The Bertz CT molecular complexity index is 1270. The van der Waals surface area contributed by atoms with Crippen LogP contribution in [0.15, 0.2) is 40.4 Å². The van der Waals surface area contributed by atoms with E-state index in [-0.39, 0.29) is 53.9 Å². The zero-order valence-electron chi connectivity index (χ0n) is 25.5. The number of ketones is 1. The number of carbonyl (C=O) groups is 1. The molecule has 0 aromatic heterocycles. The minimum absolute atomic E-state index is 0.0241. The van der Waals surface area contributed by atoms with Crippen molar-refractivity contribution in [2.75, 3.05) is 31.3 Å². The van der Waals surface area contributed by atoms with Crippen molar-refractivity contribution >= 4 is 33.3 Å². The van der Waals surface area contributed by atoms with Crippen LogP contribution in [0.4, 0.5) is 0 Å². The molecule has 2 fully saturated rings. The average molecular weight is 628 g/mol. The molecule has 1 aromatic rings. The number of allylic oxidation sites excluding steroid dienone is 2. The molecule has 7 nitrogen and oxygen atoms in total. The van der Waals surface area contributed by atoms with E-state index in [4.69, 9.17) is 5.73 Å². The summed E-state index contributed by atoms with van der Waals surface area (Å²) in [5, 5.41) is 34.0. The third kappa shape index (κ3) is 5.29. The van der Waals surface area contributed by atoms with Gasteiger partial charge >= 0.3 is 0 Å². The van der Waals surface area contributed by atoms with Crippen molar-refractivity contribution < 1.29 is 20.1 Å². The number of nitrogens with one attached hydrogen (secondary N) is 1. The zero-order chi connectivity index (χ0) is 30.2. The number of carbonyl (C=O) groups excluding carboxylic acids is 1. The van der Waals surface area contributed by atoms with Crippen LogP contribution in [0, 0.1) is 34.5 Å². The molecule has 6 N–H and O–H groups in total. The fraction of sp³-hybridized carbons (Fsp3) is 0.706. The van der Waals surface area contributed by atoms with Crippen molar-refractivity contribution in [1.29, 1.82) is 0 Å². The highest BCUT2D eigenvalue weighted by Crippen LogP contribution is 2.75. The van der Waals surface area contributed by atoms with Crippen LogP contribution >= 0.6 is 21.6 Å². The molecule has 5 aliphatic rings. The number of nitrogens with two attached hydrogens (primary N) is 1. The molecule has 236 valence electrons. The minimum atomic E-state index is -0.255. The van der Waals surface area contributed by atoms with Crippen LogP contribution in [-0.4, -0.2) is 63.9 Å². The predicted molar refractivity (Wildman–Crippen MR) is 176 cm³/mol. The first-order valence-electron chi connectivity index (χ1n) is 16.3. The zero-order valence-corrected chi connectivity index (χ0v) is 27.2. The second-order valence-electron chi connectivity index (χ2n) is 14.0. The summed E-state index contributed by atoms with van der Waals surface area (Å²) in [6.07, 6.45) is 8.65. The Balaban J connectivity index is 1.34. The molecule has 0 radical (unpaired) electrons. The molecular formula is C34H49N3O4S2. The third-order valence-electron chi connectivity index (χ3n) is 12.3. The van der Waals surface area contributed by atoms with Gasteiger partial charge in [0.15, 0.2) is 11.7 Å². The van der Waals surface area contributed by atoms with Crippen LogP contribution in [0.5, 0.6) is 0 Å². The van der Waals surface area contributed by atoms with Crippen LogP contribution in [0.1, 0.15) is 75.8 Å². The van der Waals surface area contributed by atoms with Gasteiger partial charge in [0, 0.05) is 49.0 Å². The quantitative estimate of drug-likeness (QED) is 0.277. The third-order valence-corrected chi connectivity index (χ3v) is 14.8. The van der Waals surface area contributed by atoms with E-state index in [9.17, 15) is 20.1 Å². The second kappa shape index (κ2) is 12.7. The summed E-state index contributed by atoms with van der Waals surface area (Å²) in [4.78, 5) is 18.6. The molecule has 1 aromatic carbocycles. The Kier molecular flexibility index (Phi) is 9.29. The first kappa shape index (κ1) is 31.5. The van der Waals surface area contributed by atoms with Gasteiger partial charge in [0.2, 0.25) is 0 Å². The normalized spacial score (nSPS) is 37.9. The van der Waals surface area contributed by atoms with Gasteiger partial charge in [0.25, 0.3) is 0 Å². The summed E-state index contributed by atoms with van der Waals surface area (Å²) < 4.78 is 0. The maximum absolute atomic E-state index is 14.0. The predicted octanol–water partition coefficient (Wildman–Crippen LogP) is 4.63. The number of aliphatic imine (C=N–C) groups is 1. The number of aliphatic hydroxyl groups excluding tert-OH is 3. The lowest BCUT2D eigenvalue weighted by molar-refractivity contribution is -0.125. The average Bonchev–Trinajstić information content (AvgIpc) is 3.34. The summed E-state index contributed by atoms with van der Waals surface area (Å²) in [5.74, 6) is 3.90. The largest absolute Gasteiger partial charge is 0.396 e.